The number of aryl methyl sites for hydroxylation is 2. The van der Waals surface area contributed by atoms with E-state index in [1.54, 1.807) is 25.1 Å². The fourth-order valence-corrected chi connectivity index (χ4v) is 2.73. The topological polar surface area (TPSA) is 91.7 Å². The van der Waals surface area contributed by atoms with Crippen LogP contribution >= 0.6 is 0 Å². The summed E-state index contributed by atoms with van der Waals surface area (Å²) in [4.78, 5) is 37.9. The summed E-state index contributed by atoms with van der Waals surface area (Å²) in [5, 5.41) is 5.29. The predicted molar refractivity (Wildman–Crippen MR) is 90.9 cm³/mol. The second-order valence-electron chi connectivity index (χ2n) is 6.27. The Bertz CT molecular complexity index is 844. The summed E-state index contributed by atoms with van der Waals surface area (Å²) in [5.41, 5.74) is 1.47. The second-order valence-corrected chi connectivity index (χ2v) is 6.27. The third kappa shape index (κ3) is 3.00. The third-order valence-corrected chi connectivity index (χ3v) is 4.38. The summed E-state index contributed by atoms with van der Waals surface area (Å²) in [6, 6.07) is 8.13. The fraction of sp³-hybridized carbons (Fsp3) is 0.278. The van der Waals surface area contributed by atoms with Crippen LogP contribution in [-0.2, 0) is 15.1 Å². The van der Waals surface area contributed by atoms with Crippen LogP contribution in [0, 0.1) is 13.8 Å². The summed E-state index contributed by atoms with van der Waals surface area (Å²) in [6.45, 7) is 5.10. The van der Waals surface area contributed by atoms with Crippen LogP contribution < -0.4 is 10.6 Å². The molecule has 1 aliphatic heterocycles. The molecule has 7 heteroatoms. The first kappa shape index (κ1) is 16.8. The highest BCUT2D eigenvalue weighted by molar-refractivity contribution is 6.10. The minimum atomic E-state index is -1.30. The van der Waals surface area contributed by atoms with Crippen molar-refractivity contribution in [2.75, 3.05) is 11.9 Å². The van der Waals surface area contributed by atoms with Crippen LogP contribution in [0.1, 0.15) is 23.8 Å². The van der Waals surface area contributed by atoms with Crippen molar-refractivity contribution in [3.63, 3.8) is 0 Å². The Hall–Kier alpha value is -3.09. The van der Waals surface area contributed by atoms with Gasteiger partial charge in [-0.1, -0.05) is 6.07 Å². The highest BCUT2D eigenvalue weighted by Gasteiger charge is 2.51. The molecule has 1 fully saturated rings. The lowest BCUT2D eigenvalue weighted by Gasteiger charge is -2.18. The molecule has 25 heavy (non-hydrogen) atoms. The molecule has 0 aliphatic carbocycles. The Kier molecular flexibility index (Phi) is 4.08. The zero-order chi connectivity index (χ0) is 18.2. The summed E-state index contributed by atoms with van der Waals surface area (Å²) < 4.78 is 5.25. The lowest BCUT2D eigenvalue weighted by Crippen LogP contribution is -2.41. The Balaban J connectivity index is 1.72. The van der Waals surface area contributed by atoms with E-state index < -0.39 is 23.4 Å². The van der Waals surface area contributed by atoms with Gasteiger partial charge < -0.3 is 15.1 Å². The van der Waals surface area contributed by atoms with Gasteiger partial charge in [-0.05, 0) is 56.2 Å². The molecule has 1 aromatic carbocycles. The quantitative estimate of drug-likeness (QED) is 0.835. The van der Waals surface area contributed by atoms with E-state index in [9.17, 15) is 14.4 Å². The molecule has 3 rings (SSSR count). The van der Waals surface area contributed by atoms with Crippen molar-refractivity contribution in [3.05, 3.63) is 53.5 Å². The molecule has 0 bridgehead atoms. The average Bonchev–Trinajstić information content (AvgIpc) is 3.16. The predicted octanol–water partition coefficient (Wildman–Crippen LogP) is 2.30. The van der Waals surface area contributed by atoms with Crippen molar-refractivity contribution >= 4 is 23.5 Å². The van der Waals surface area contributed by atoms with Crippen LogP contribution in [-0.4, -0.2) is 29.3 Å². The Labute approximate surface area is 145 Å². The van der Waals surface area contributed by atoms with Crippen LogP contribution in [0.25, 0.3) is 0 Å². The third-order valence-electron chi connectivity index (χ3n) is 4.38. The van der Waals surface area contributed by atoms with E-state index >= 15 is 0 Å². The molecular weight excluding hydrogens is 322 g/mol. The van der Waals surface area contributed by atoms with Gasteiger partial charge in [-0.15, -0.1) is 0 Å². The first-order chi connectivity index (χ1) is 11.8. The van der Waals surface area contributed by atoms with E-state index in [1.165, 1.54) is 6.26 Å². The van der Waals surface area contributed by atoms with Gasteiger partial charge in [0, 0.05) is 5.69 Å². The number of carbonyl (C=O) groups excluding carboxylic acids is 3. The monoisotopic (exact) mass is 341 g/mol. The molecule has 0 saturated carbocycles. The molecule has 1 atom stereocenters. The van der Waals surface area contributed by atoms with E-state index in [0.29, 0.717) is 11.4 Å². The Morgan fingerprint density at radius 3 is 2.64 bits per heavy atom. The number of amides is 4. The van der Waals surface area contributed by atoms with Gasteiger partial charge in [0.15, 0.2) is 5.54 Å². The number of furan rings is 1. The number of nitrogens with zero attached hydrogens (tertiary/aromatic N) is 1. The smallest absolute Gasteiger partial charge is 0.325 e. The van der Waals surface area contributed by atoms with Gasteiger partial charge in [-0.3, -0.25) is 14.5 Å². The Morgan fingerprint density at radius 2 is 2.00 bits per heavy atom. The molecular formula is C18H19N3O4. The largest absolute Gasteiger partial charge is 0.466 e. The highest BCUT2D eigenvalue weighted by atomic mass is 16.3. The molecule has 1 aromatic heterocycles. The van der Waals surface area contributed by atoms with Crippen molar-refractivity contribution in [2.24, 2.45) is 0 Å². The van der Waals surface area contributed by atoms with Crippen LogP contribution in [0.5, 0.6) is 0 Å². The van der Waals surface area contributed by atoms with Gasteiger partial charge in [0.25, 0.3) is 5.91 Å². The molecule has 0 radical (unpaired) electrons. The molecule has 0 spiro atoms. The average molecular weight is 341 g/mol. The number of urea groups is 1. The van der Waals surface area contributed by atoms with Crippen molar-refractivity contribution in [1.29, 1.82) is 0 Å². The molecule has 2 aromatic rings. The summed E-state index contributed by atoms with van der Waals surface area (Å²) in [5.74, 6) is -0.652. The second kappa shape index (κ2) is 6.08. The van der Waals surface area contributed by atoms with Crippen LogP contribution in [0.3, 0.4) is 0 Å². The minimum Gasteiger partial charge on any atom is -0.466 e. The van der Waals surface area contributed by atoms with Crippen LogP contribution in [0.4, 0.5) is 10.5 Å². The number of hydrogen-bond donors (Lipinski definition) is 2. The Morgan fingerprint density at radius 1 is 1.24 bits per heavy atom. The lowest BCUT2D eigenvalue weighted by molar-refractivity contribution is -0.134. The highest BCUT2D eigenvalue weighted by Crippen LogP contribution is 2.29. The van der Waals surface area contributed by atoms with Gasteiger partial charge in [-0.2, -0.15) is 0 Å². The molecule has 4 amide bonds. The number of anilines is 1. The lowest BCUT2D eigenvalue weighted by atomic mass is 9.99. The number of imide groups is 1. The molecule has 1 aliphatic rings. The van der Waals surface area contributed by atoms with E-state index in [1.807, 2.05) is 26.0 Å². The fourth-order valence-electron chi connectivity index (χ4n) is 2.73. The maximum absolute atomic E-state index is 12.6. The van der Waals surface area contributed by atoms with Crippen molar-refractivity contribution in [1.82, 2.24) is 10.2 Å². The molecule has 130 valence electrons. The van der Waals surface area contributed by atoms with Crippen molar-refractivity contribution in [3.8, 4) is 0 Å². The number of benzene rings is 1. The first-order valence-electron chi connectivity index (χ1n) is 7.86. The number of hydrogen-bond acceptors (Lipinski definition) is 4. The van der Waals surface area contributed by atoms with Gasteiger partial charge >= 0.3 is 6.03 Å². The maximum atomic E-state index is 12.6. The van der Waals surface area contributed by atoms with Gasteiger partial charge in [0.05, 0.1) is 6.26 Å². The number of nitrogens with one attached hydrogen (secondary N) is 2. The molecule has 7 nitrogen and oxygen atoms in total. The van der Waals surface area contributed by atoms with Gasteiger partial charge in [0.1, 0.15) is 12.3 Å². The summed E-state index contributed by atoms with van der Waals surface area (Å²) in [6.07, 6.45) is 1.43. The zero-order valence-electron chi connectivity index (χ0n) is 14.3. The minimum absolute atomic E-state index is 0.322. The van der Waals surface area contributed by atoms with Crippen LogP contribution in [0.2, 0.25) is 0 Å². The van der Waals surface area contributed by atoms with Gasteiger partial charge in [0.2, 0.25) is 5.91 Å². The molecule has 2 heterocycles. The number of rotatable bonds is 4. The van der Waals surface area contributed by atoms with E-state index in [4.69, 9.17) is 4.42 Å². The number of carbonyl (C=O) groups is 3. The SMILES string of the molecule is Cc1ccc(NC(=O)CN2C(=O)NC(C)(c3ccco3)C2=O)cc1C. The van der Waals surface area contributed by atoms with Gasteiger partial charge in [-0.25, -0.2) is 4.79 Å². The molecule has 1 unspecified atom stereocenters. The maximum Gasteiger partial charge on any atom is 0.325 e. The first-order valence-corrected chi connectivity index (χ1v) is 7.86. The van der Waals surface area contributed by atoms with E-state index in [-0.39, 0.29) is 6.54 Å². The van der Waals surface area contributed by atoms with Crippen molar-refractivity contribution in [2.45, 2.75) is 26.3 Å². The van der Waals surface area contributed by atoms with Crippen LogP contribution in [0.15, 0.2) is 41.0 Å². The zero-order valence-corrected chi connectivity index (χ0v) is 14.3. The summed E-state index contributed by atoms with van der Waals surface area (Å²) >= 11 is 0. The van der Waals surface area contributed by atoms with E-state index in [0.717, 1.165) is 16.0 Å². The van der Waals surface area contributed by atoms with E-state index in [2.05, 4.69) is 10.6 Å². The summed E-state index contributed by atoms with van der Waals surface area (Å²) in [7, 11) is 0. The van der Waals surface area contributed by atoms with Crippen molar-refractivity contribution < 1.29 is 18.8 Å². The molecule has 1 saturated heterocycles. The standard InChI is InChI=1S/C18H19N3O4/c1-11-6-7-13(9-12(11)2)19-15(22)10-21-16(23)18(3,20-17(21)24)14-5-4-8-25-14/h4-9H,10H2,1-3H3,(H,19,22)(H,20,24). The normalized spacial score (nSPS) is 19.9. The molecule has 2 N–H and O–H groups in total.